The van der Waals surface area contributed by atoms with E-state index in [0.717, 1.165) is 4.57 Å². The van der Waals surface area contributed by atoms with E-state index in [4.69, 9.17) is 21.1 Å². The standard InChI is InChI=1S/C10H16N4O6/c11-6-1-2-14(10(17)13-6)9-8(16)7(15)5(20-9)3-18-4-19-12/h1-2,5,7-9,15-16H,3-4,12H2,(H2,11,13,17)/t5-,7-,8-,9-/m1/s1. The Morgan fingerprint density at radius 3 is 2.85 bits per heavy atom. The van der Waals surface area contributed by atoms with Crippen LogP contribution in [-0.4, -0.2) is 51.5 Å². The van der Waals surface area contributed by atoms with Crippen molar-refractivity contribution in [2.24, 2.45) is 5.90 Å². The fourth-order valence-electron chi connectivity index (χ4n) is 1.93. The van der Waals surface area contributed by atoms with Gasteiger partial charge in [0.25, 0.3) is 0 Å². The number of hydrogen-bond acceptors (Lipinski definition) is 9. The molecule has 4 atom stereocenters. The van der Waals surface area contributed by atoms with Crippen molar-refractivity contribution in [1.29, 1.82) is 0 Å². The lowest BCUT2D eigenvalue weighted by Gasteiger charge is -2.16. The van der Waals surface area contributed by atoms with Crippen molar-refractivity contribution in [3.8, 4) is 0 Å². The van der Waals surface area contributed by atoms with Gasteiger partial charge in [-0.3, -0.25) is 9.40 Å². The maximum atomic E-state index is 11.7. The van der Waals surface area contributed by atoms with Gasteiger partial charge in [-0.2, -0.15) is 4.98 Å². The van der Waals surface area contributed by atoms with E-state index in [2.05, 4.69) is 9.82 Å². The first-order chi connectivity index (χ1) is 9.54. The number of aromatic nitrogens is 2. The van der Waals surface area contributed by atoms with Crippen molar-refractivity contribution in [3.63, 3.8) is 0 Å². The van der Waals surface area contributed by atoms with E-state index < -0.39 is 30.2 Å². The van der Waals surface area contributed by atoms with E-state index in [1.165, 1.54) is 12.3 Å². The third kappa shape index (κ3) is 2.95. The van der Waals surface area contributed by atoms with Crippen LogP contribution in [0.4, 0.5) is 5.82 Å². The van der Waals surface area contributed by atoms with Crippen LogP contribution >= 0.6 is 0 Å². The number of rotatable bonds is 5. The second-order valence-corrected chi connectivity index (χ2v) is 4.24. The van der Waals surface area contributed by atoms with Crippen LogP contribution < -0.4 is 17.3 Å². The van der Waals surface area contributed by atoms with Crippen molar-refractivity contribution in [2.75, 3.05) is 19.1 Å². The summed E-state index contributed by atoms with van der Waals surface area (Å²) in [4.78, 5) is 19.4. The summed E-state index contributed by atoms with van der Waals surface area (Å²) in [5, 5.41) is 19.8. The number of nitrogens with zero attached hydrogens (tertiary/aromatic N) is 2. The van der Waals surface area contributed by atoms with E-state index >= 15 is 0 Å². The number of anilines is 1. The fraction of sp³-hybridized carbons (Fsp3) is 0.600. The molecule has 112 valence electrons. The van der Waals surface area contributed by atoms with Crippen molar-refractivity contribution < 1.29 is 24.5 Å². The molecule has 1 aromatic heterocycles. The van der Waals surface area contributed by atoms with E-state index in [1.54, 1.807) is 0 Å². The molecule has 1 aliphatic heterocycles. The first-order valence-corrected chi connectivity index (χ1v) is 5.80. The van der Waals surface area contributed by atoms with Crippen LogP contribution in [0.15, 0.2) is 17.1 Å². The topological polar surface area (TPSA) is 155 Å². The predicted octanol–water partition coefficient (Wildman–Crippen LogP) is -2.69. The van der Waals surface area contributed by atoms with Gasteiger partial charge in [-0.15, -0.1) is 0 Å². The highest BCUT2D eigenvalue weighted by molar-refractivity contribution is 5.23. The lowest BCUT2D eigenvalue weighted by Crippen LogP contribution is -2.36. The highest BCUT2D eigenvalue weighted by atomic mass is 16.7. The zero-order valence-corrected chi connectivity index (χ0v) is 10.5. The highest BCUT2D eigenvalue weighted by Gasteiger charge is 2.44. The van der Waals surface area contributed by atoms with Gasteiger partial charge < -0.3 is 25.4 Å². The molecule has 2 rings (SSSR count). The summed E-state index contributed by atoms with van der Waals surface area (Å²) in [7, 11) is 0. The van der Waals surface area contributed by atoms with Crippen molar-refractivity contribution >= 4 is 5.82 Å². The number of hydrogen-bond donors (Lipinski definition) is 4. The molecule has 2 heterocycles. The average molecular weight is 288 g/mol. The molecule has 0 aromatic carbocycles. The molecule has 10 heteroatoms. The van der Waals surface area contributed by atoms with E-state index in [0.29, 0.717) is 0 Å². The summed E-state index contributed by atoms with van der Waals surface area (Å²) in [5.74, 6) is 4.84. The Hall–Kier alpha value is -1.56. The maximum Gasteiger partial charge on any atom is 0.351 e. The number of ether oxygens (including phenoxy) is 2. The molecular weight excluding hydrogens is 272 g/mol. The van der Waals surface area contributed by atoms with E-state index in [1.807, 2.05) is 0 Å². The lowest BCUT2D eigenvalue weighted by molar-refractivity contribution is -0.112. The van der Waals surface area contributed by atoms with Gasteiger partial charge in [0.05, 0.1) is 6.61 Å². The third-order valence-electron chi connectivity index (χ3n) is 2.90. The number of nitrogen functional groups attached to an aromatic ring is 1. The van der Waals surface area contributed by atoms with Crippen molar-refractivity contribution in [1.82, 2.24) is 9.55 Å². The highest BCUT2D eigenvalue weighted by Crippen LogP contribution is 2.28. The molecule has 0 amide bonds. The van der Waals surface area contributed by atoms with Gasteiger partial charge in [0.2, 0.25) is 0 Å². The number of aliphatic hydroxyl groups is 2. The lowest BCUT2D eigenvalue weighted by atomic mass is 10.1. The summed E-state index contributed by atoms with van der Waals surface area (Å²) in [6.45, 7) is -0.236. The zero-order chi connectivity index (χ0) is 14.7. The molecule has 0 aliphatic carbocycles. The minimum Gasteiger partial charge on any atom is -0.387 e. The molecule has 6 N–H and O–H groups in total. The molecule has 1 aromatic rings. The Bertz CT molecular complexity index is 509. The second kappa shape index (κ2) is 6.26. The van der Waals surface area contributed by atoms with Crippen LogP contribution in [0.2, 0.25) is 0 Å². The van der Waals surface area contributed by atoms with Gasteiger partial charge in [-0.1, -0.05) is 0 Å². The van der Waals surface area contributed by atoms with Gasteiger partial charge in [-0.25, -0.2) is 10.7 Å². The van der Waals surface area contributed by atoms with E-state index in [-0.39, 0.29) is 19.2 Å². The molecule has 0 spiro atoms. The molecule has 1 fully saturated rings. The Morgan fingerprint density at radius 2 is 2.20 bits per heavy atom. The van der Waals surface area contributed by atoms with Gasteiger partial charge in [0.1, 0.15) is 24.1 Å². The van der Waals surface area contributed by atoms with Gasteiger partial charge in [-0.05, 0) is 6.07 Å². The monoisotopic (exact) mass is 288 g/mol. The Balaban J connectivity index is 2.11. The van der Waals surface area contributed by atoms with Crippen LogP contribution in [-0.2, 0) is 14.3 Å². The molecule has 0 saturated carbocycles. The maximum absolute atomic E-state index is 11.7. The summed E-state index contributed by atoms with van der Waals surface area (Å²) >= 11 is 0. The Kier molecular flexibility index (Phi) is 4.65. The minimum atomic E-state index is -1.30. The molecule has 0 radical (unpaired) electrons. The van der Waals surface area contributed by atoms with Crippen LogP contribution in [0.25, 0.3) is 0 Å². The number of nitrogens with two attached hydrogens (primary N) is 2. The van der Waals surface area contributed by atoms with Gasteiger partial charge in [0, 0.05) is 6.20 Å². The Labute approximate surface area is 113 Å². The third-order valence-corrected chi connectivity index (χ3v) is 2.90. The first kappa shape index (κ1) is 14.8. The van der Waals surface area contributed by atoms with Crippen LogP contribution in [0.5, 0.6) is 0 Å². The second-order valence-electron chi connectivity index (χ2n) is 4.24. The molecule has 0 unspecified atom stereocenters. The van der Waals surface area contributed by atoms with Gasteiger partial charge in [0.15, 0.2) is 13.0 Å². The summed E-state index contributed by atoms with van der Waals surface area (Å²) < 4.78 is 11.4. The molecule has 1 aliphatic rings. The smallest absolute Gasteiger partial charge is 0.351 e. The average Bonchev–Trinajstić information content (AvgIpc) is 2.68. The largest absolute Gasteiger partial charge is 0.387 e. The van der Waals surface area contributed by atoms with Crippen LogP contribution in [0.3, 0.4) is 0 Å². The zero-order valence-electron chi connectivity index (χ0n) is 10.5. The van der Waals surface area contributed by atoms with Crippen molar-refractivity contribution in [3.05, 3.63) is 22.7 Å². The normalized spacial score (nSPS) is 29.8. The van der Waals surface area contributed by atoms with Gasteiger partial charge >= 0.3 is 5.69 Å². The summed E-state index contributed by atoms with van der Waals surface area (Å²) in [6, 6.07) is 1.38. The van der Waals surface area contributed by atoms with E-state index in [9.17, 15) is 15.0 Å². The first-order valence-electron chi connectivity index (χ1n) is 5.80. The predicted molar refractivity (Wildman–Crippen MR) is 64.9 cm³/mol. The molecule has 10 nitrogen and oxygen atoms in total. The van der Waals surface area contributed by atoms with Crippen molar-refractivity contribution in [2.45, 2.75) is 24.5 Å². The molecule has 0 bridgehead atoms. The summed E-state index contributed by atoms with van der Waals surface area (Å²) in [6.07, 6.45) is -3.09. The molecule has 1 saturated heterocycles. The quantitative estimate of drug-likeness (QED) is 0.257. The molecular formula is C10H16N4O6. The van der Waals surface area contributed by atoms with Crippen LogP contribution in [0, 0.1) is 0 Å². The Morgan fingerprint density at radius 1 is 1.45 bits per heavy atom. The molecule has 20 heavy (non-hydrogen) atoms. The SMILES string of the molecule is NOCOC[C@H]1O[C@@H](n2ccc(N)nc2=O)[C@H](O)[C@@H]1O. The minimum absolute atomic E-state index is 0.0525. The van der Waals surface area contributed by atoms with Crippen LogP contribution in [0.1, 0.15) is 6.23 Å². The summed E-state index contributed by atoms with van der Waals surface area (Å²) in [5.41, 5.74) is 4.69. The fourth-order valence-corrected chi connectivity index (χ4v) is 1.93. The number of aliphatic hydroxyl groups excluding tert-OH is 2.